The lowest BCUT2D eigenvalue weighted by Gasteiger charge is -2.28. The number of nitrogens with one attached hydrogen (secondary N) is 1. The van der Waals surface area contributed by atoms with E-state index in [1.807, 2.05) is 23.5 Å². The quantitative estimate of drug-likeness (QED) is 0.841. The van der Waals surface area contributed by atoms with Crippen molar-refractivity contribution >= 4 is 28.7 Å². The number of rotatable bonds is 3. The van der Waals surface area contributed by atoms with Crippen LogP contribution in [0.3, 0.4) is 0 Å². The summed E-state index contributed by atoms with van der Waals surface area (Å²) in [5.41, 5.74) is 0. The standard InChI is InChI=1S/C12H22N2S2/c1-3-10-8-13-12(16-10)14-9-4-6-11(15-2)7-5-9/h9-11H,3-8H2,1-2H3,(H,13,14). The molecule has 0 spiro atoms. The van der Waals surface area contributed by atoms with Crippen LogP contribution in [-0.4, -0.2) is 34.5 Å². The highest BCUT2D eigenvalue weighted by Crippen LogP contribution is 2.28. The van der Waals surface area contributed by atoms with Crippen molar-refractivity contribution in [2.24, 2.45) is 4.99 Å². The zero-order chi connectivity index (χ0) is 11.4. The van der Waals surface area contributed by atoms with Crippen molar-refractivity contribution in [3.05, 3.63) is 0 Å². The Hall–Kier alpha value is 0.170. The van der Waals surface area contributed by atoms with E-state index in [4.69, 9.17) is 0 Å². The van der Waals surface area contributed by atoms with Gasteiger partial charge in [-0.05, 0) is 38.4 Å². The molecule has 0 amide bonds. The van der Waals surface area contributed by atoms with Crippen LogP contribution in [0.25, 0.3) is 0 Å². The molecule has 1 N–H and O–H groups in total. The molecule has 1 saturated carbocycles. The third-order valence-electron chi connectivity index (χ3n) is 3.51. The molecule has 1 fully saturated rings. The van der Waals surface area contributed by atoms with Crippen molar-refractivity contribution in [2.45, 2.75) is 55.6 Å². The molecule has 2 aliphatic rings. The first-order valence-electron chi connectivity index (χ1n) is 6.32. The number of thioether (sulfide) groups is 2. The Bertz CT molecular complexity index is 247. The highest BCUT2D eigenvalue weighted by atomic mass is 32.2. The second kappa shape index (κ2) is 6.20. The molecular weight excluding hydrogens is 236 g/mol. The van der Waals surface area contributed by atoms with E-state index in [2.05, 4.69) is 23.5 Å². The largest absolute Gasteiger partial charge is 0.362 e. The van der Waals surface area contributed by atoms with Crippen LogP contribution in [0.1, 0.15) is 39.0 Å². The number of aliphatic imine (C=N–C) groups is 1. The molecule has 0 radical (unpaired) electrons. The molecule has 2 nitrogen and oxygen atoms in total. The van der Waals surface area contributed by atoms with Crippen LogP contribution in [0.15, 0.2) is 4.99 Å². The van der Waals surface area contributed by atoms with Gasteiger partial charge in [0.05, 0.1) is 6.54 Å². The minimum atomic E-state index is 0.685. The first-order chi connectivity index (χ1) is 7.81. The molecule has 4 heteroatoms. The summed E-state index contributed by atoms with van der Waals surface area (Å²) < 4.78 is 0. The summed E-state index contributed by atoms with van der Waals surface area (Å²) in [6.45, 7) is 3.27. The van der Waals surface area contributed by atoms with E-state index in [1.165, 1.54) is 37.3 Å². The van der Waals surface area contributed by atoms with Crippen molar-refractivity contribution in [1.29, 1.82) is 0 Å². The van der Waals surface area contributed by atoms with Gasteiger partial charge in [0.25, 0.3) is 0 Å². The number of hydrogen-bond acceptors (Lipinski definition) is 4. The number of amidine groups is 1. The fourth-order valence-corrected chi connectivity index (χ4v) is 4.09. The topological polar surface area (TPSA) is 24.4 Å². The van der Waals surface area contributed by atoms with Crippen LogP contribution in [-0.2, 0) is 0 Å². The maximum absolute atomic E-state index is 4.58. The molecule has 1 unspecified atom stereocenters. The summed E-state index contributed by atoms with van der Waals surface area (Å²) in [7, 11) is 0. The molecule has 1 aliphatic carbocycles. The van der Waals surface area contributed by atoms with Crippen LogP contribution < -0.4 is 5.32 Å². The summed E-state index contributed by atoms with van der Waals surface area (Å²) >= 11 is 3.98. The molecule has 2 rings (SSSR count). The molecular formula is C12H22N2S2. The summed E-state index contributed by atoms with van der Waals surface area (Å²) in [4.78, 5) is 4.58. The van der Waals surface area contributed by atoms with Gasteiger partial charge in [0.2, 0.25) is 0 Å². The molecule has 0 aromatic heterocycles. The molecule has 0 aromatic carbocycles. The molecule has 92 valence electrons. The van der Waals surface area contributed by atoms with Gasteiger partial charge in [-0.2, -0.15) is 11.8 Å². The maximum Gasteiger partial charge on any atom is 0.157 e. The lowest BCUT2D eigenvalue weighted by molar-refractivity contribution is 0.423. The Morgan fingerprint density at radius 1 is 1.38 bits per heavy atom. The van der Waals surface area contributed by atoms with Crippen LogP contribution in [0.2, 0.25) is 0 Å². The van der Waals surface area contributed by atoms with E-state index >= 15 is 0 Å². The highest BCUT2D eigenvalue weighted by molar-refractivity contribution is 8.14. The molecule has 0 saturated heterocycles. The number of nitrogens with zero attached hydrogens (tertiary/aromatic N) is 1. The van der Waals surface area contributed by atoms with E-state index in [0.717, 1.165) is 17.0 Å². The average Bonchev–Trinajstić information content (AvgIpc) is 2.78. The summed E-state index contributed by atoms with van der Waals surface area (Å²) in [6, 6.07) is 0.685. The first-order valence-corrected chi connectivity index (χ1v) is 8.49. The average molecular weight is 258 g/mol. The Kier molecular flexibility index (Phi) is 4.89. The van der Waals surface area contributed by atoms with Gasteiger partial charge >= 0.3 is 0 Å². The molecule has 1 heterocycles. The monoisotopic (exact) mass is 258 g/mol. The van der Waals surface area contributed by atoms with Crippen molar-refractivity contribution in [1.82, 2.24) is 5.32 Å². The lowest BCUT2D eigenvalue weighted by atomic mass is 9.95. The maximum atomic E-state index is 4.58. The SMILES string of the molecule is CCC1CN=C(NC2CCC(SC)CC2)S1. The molecule has 1 aliphatic heterocycles. The summed E-state index contributed by atoms with van der Waals surface area (Å²) in [5, 5.41) is 6.47. The summed E-state index contributed by atoms with van der Waals surface area (Å²) in [5.74, 6) is 0. The van der Waals surface area contributed by atoms with Gasteiger partial charge in [-0.1, -0.05) is 18.7 Å². The van der Waals surface area contributed by atoms with E-state index in [1.54, 1.807) is 0 Å². The van der Waals surface area contributed by atoms with Crippen molar-refractivity contribution < 1.29 is 0 Å². The molecule has 16 heavy (non-hydrogen) atoms. The van der Waals surface area contributed by atoms with Gasteiger partial charge in [0, 0.05) is 16.5 Å². The van der Waals surface area contributed by atoms with Crippen molar-refractivity contribution in [3.63, 3.8) is 0 Å². The second-order valence-electron chi connectivity index (χ2n) is 4.65. The van der Waals surface area contributed by atoms with E-state index in [0.29, 0.717) is 6.04 Å². The third-order valence-corrected chi connectivity index (χ3v) is 5.93. The van der Waals surface area contributed by atoms with Gasteiger partial charge in [-0.15, -0.1) is 0 Å². The lowest BCUT2D eigenvalue weighted by Crippen LogP contribution is -2.36. The van der Waals surface area contributed by atoms with E-state index < -0.39 is 0 Å². The van der Waals surface area contributed by atoms with Crippen molar-refractivity contribution in [3.8, 4) is 0 Å². The second-order valence-corrected chi connectivity index (χ2v) is 7.07. The minimum Gasteiger partial charge on any atom is -0.362 e. The zero-order valence-corrected chi connectivity index (χ0v) is 11.9. The predicted molar refractivity (Wildman–Crippen MR) is 76.7 cm³/mol. The van der Waals surface area contributed by atoms with Gasteiger partial charge < -0.3 is 5.32 Å². The zero-order valence-electron chi connectivity index (χ0n) is 10.2. The Balaban J connectivity index is 1.71. The Morgan fingerprint density at radius 3 is 2.69 bits per heavy atom. The van der Waals surface area contributed by atoms with Crippen LogP contribution in [0.5, 0.6) is 0 Å². The molecule has 1 atom stereocenters. The van der Waals surface area contributed by atoms with Gasteiger partial charge in [-0.25, -0.2) is 0 Å². The van der Waals surface area contributed by atoms with E-state index in [9.17, 15) is 0 Å². The molecule has 0 bridgehead atoms. The Morgan fingerprint density at radius 2 is 2.12 bits per heavy atom. The fourth-order valence-electron chi connectivity index (χ4n) is 2.33. The normalized spacial score (nSPS) is 34.9. The summed E-state index contributed by atoms with van der Waals surface area (Å²) in [6.07, 6.45) is 8.85. The minimum absolute atomic E-state index is 0.685. The predicted octanol–water partition coefficient (Wildman–Crippen LogP) is 3.13. The van der Waals surface area contributed by atoms with Crippen molar-refractivity contribution in [2.75, 3.05) is 12.8 Å². The van der Waals surface area contributed by atoms with Gasteiger partial charge in [0.15, 0.2) is 5.17 Å². The third kappa shape index (κ3) is 3.33. The number of hydrogen-bond donors (Lipinski definition) is 1. The fraction of sp³-hybridized carbons (Fsp3) is 0.917. The first kappa shape index (κ1) is 12.6. The highest BCUT2D eigenvalue weighted by Gasteiger charge is 2.24. The molecule has 0 aromatic rings. The van der Waals surface area contributed by atoms with Crippen LogP contribution in [0.4, 0.5) is 0 Å². The smallest absolute Gasteiger partial charge is 0.157 e. The van der Waals surface area contributed by atoms with E-state index in [-0.39, 0.29) is 0 Å². The van der Waals surface area contributed by atoms with Gasteiger partial charge in [0.1, 0.15) is 0 Å². The Labute approximate surface area is 107 Å². The van der Waals surface area contributed by atoms with Gasteiger partial charge in [-0.3, -0.25) is 4.99 Å². The van der Waals surface area contributed by atoms with Crippen LogP contribution in [0, 0.1) is 0 Å². The van der Waals surface area contributed by atoms with Crippen LogP contribution >= 0.6 is 23.5 Å².